The van der Waals surface area contributed by atoms with E-state index in [9.17, 15) is 4.79 Å². The van der Waals surface area contributed by atoms with E-state index < -0.39 is 0 Å². The first-order chi connectivity index (χ1) is 10.7. The van der Waals surface area contributed by atoms with Crippen LogP contribution in [-0.2, 0) is 0 Å². The van der Waals surface area contributed by atoms with Crippen LogP contribution in [0.5, 0.6) is 0 Å². The van der Waals surface area contributed by atoms with Gasteiger partial charge in [0.2, 0.25) is 0 Å². The summed E-state index contributed by atoms with van der Waals surface area (Å²) in [6.07, 6.45) is 11.0. The third-order valence-corrected chi connectivity index (χ3v) is 6.24. The standard InChI is InChI=1S/C18H25N3O/c1-2-16-13-6-12-7-14(16)10-18(8-12,9-13)21-17(22)20-15-4-3-5-19-11-15/h3-5,11-14,16H,2,6-10H2,1H3,(H2,20,21,22). The summed E-state index contributed by atoms with van der Waals surface area (Å²) in [5.74, 6) is 3.39. The van der Waals surface area contributed by atoms with E-state index in [-0.39, 0.29) is 11.6 Å². The summed E-state index contributed by atoms with van der Waals surface area (Å²) in [6.45, 7) is 2.34. The lowest BCUT2D eigenvalue weighted by molar-refractivity contribution is -0.0620. The molecule has 5 rings (SSSR count). The van der Waals surface area contributed by atoms with Crippen LogP contribution in [0.2, 0.25) is 0 Å². The number of nitrogens with zero attached hydrogens (tertiary/aromatic N) is 1. The molecule has 2 amide bonds. The fraction of sp³-hybridized carbons (Fsp3) is 0.667. The first kappa shape index (κ1) is 14.0. The molecule has 2 unspecified atom stereocenters. The molecule has 4 saturated carbocycles. The van der Waals surface area contributed by atoms with E-state index in [1.807, 2.05) is 12.1 Å². The van der Waals surface area contributed by atoms with E-state index in [1.165, 1.54) is 38.5 Å². The summed E-state index contributed by atoms with van der Waals surface area (Å²) >= 11 is 0. The first-order valence-corrected chi connectivity index (χ1v) is 8.66. The number of hydrogen-bond acceptors (Lipinski definition) is 2. The molecule has 22 heavy (non-hydrogen) atoms. The van der Waals surface area contributed by atoms with Crippen LogP contribution in [0.15, 0.2) is 24.5 Å². The Hall–Kier alpha value is -1.58. The summed E-state index contributed by atoms with van der Waals surface area (Å²) in [4.78, 5) is 16.4. The number of urea groups is 1. The number of amides is 2. The van der Waals surface area contributed by atoms with Crippen LogP contribution in [0, 0.1) is 23.7 Å². The van der Waals surface area contributed by atoms with E-state index in [2.05, 4.69) is 22.5 Å². The largest absolute Gasteiger partial charge is 0.332 e. The highest BCUT2D eigenvalue weighted by molar-refractivity contribution is 5.89. The zero-order chi connectivity index (χ0) is 15.2. The normalized spacial score (nSPS) is 38.8. The molecule has 4 aliphatic rings. The average molecular weight is 299 g/mol. The molecule has 0 radical (unpaired) electrons. The Labute approximate surface area is 132 Å². The van der Waals surface area contributed by atoms with Crippen LogP contribution in [0.1, 0.15) is 45.4 Å². The topological polar surface area (TPSA) is 54.0 Å². The van der Waals surface area contributed by atoms with Gasteiger partial charge in [0.1, 0.15) is 0 Å². The molecule has 0 saturated heterocycles. The van der Waals surface area contributed by atoms with Crippen molar-refractivity contribution in [2.45, 2.75) is 51.0 Å². The molecule has 2 N–H and O–H groups in total. The maximum atomic E-state index is 12.4. The average Bonchev–Trinajstić information content (AvgIpc) is 2.46. The highest BCUT2D eigenvalue weighted by Crippen LogP contribution is 2.59. The number of rotatable bonds is 3. The number of carbonyl (C=O) groups excluding carboxylic acids is 1. The lowest BCUT2D eigenvalue weighted by atomic mass is 9.48. The second-order valence-corrected chi connectivity index (χ2v) is 7.64. The van der Waals surface area contributed by atoms with E-state index in [0.29, 0.717) is 0 Å². The molecule has 1 aromatic rings. The molecule has 0 aromatic carbocycles. The minimum absolute atomic E-state index is 0.0501. The monoisotopic (exact) mass is 299 g/mol. The van der Waals surface area contributed by atoms with Gasteiger partial charge in [-0.05, 0) is 67.9 Å². The fourth-order valence-electron chi connectivity index (χ4n) is 5.79. The predicted octanol–water partition coefficient (Wildman–Crippen LogP) is 3.81. The Morgan fingerprint density at radius 3 is 2.73 bits per heavy atom. The maximum absolute atomic E-state index is 12.4. The molecule has 1 aromatic heterocycles. The summed E-state index contributed by atoms with van der Waals surface area (Å²) in [5.41, 5.74) is 0.810. The maximum Gasteiger partial charge on any atom is 0.319 e. The van der Waals surface area contributed by atoms with Gasteiger partial charge in [-0.1, -0.05) is 13.3 Å². The van der Waals surface area contributed by atoms with Gasteiger partial charge in [0.15, 0.2) is 0 Å². The molecule has 0 spiro atoms. The highest BCUT2D eigenvalue weighted by Gasteiger charge is 2.55. The van der Waals surface area contributed by atoms with Gasteiger partial charge >= 0.3 is 6.03 Å². The molecule has 4 aliphatic carbocycles. The van der Waals surface area contributed by atoms with Crippen molar-refractivity contribution < 1.29 is 4.79 Å². The van der Waals surface area contributed by atoms with Crippen molar-refractivity contribution in [3.63, 3.8) is 0 Å². The molecule has 0 aliphatic heterocycles. The van der Waals surface area contributed by atoms with E-state index in [1.54, 1.807) is 12.4 Å². The zero-order valence-corrected chi connectivity index (χ0v) is 13.2. The lowest BCUT2D eigenvalue weighted by Crippen LogP contribution is -2.62. The van der Waals surface area contributed by atoms with Gasteiger partial charge in [-0.2, -0.15) is 0 Å². The van der Waals surface area contributed by atoms with Crippen molar-refractivity contribution >= 4 is 11.7 Å². The number of nitrogens with one attached hydrogen (secondary N) is 2. The van der Waals surface area contributed by atoms with Gasteiger partial charge in [-0.3, -0.25) is 4.98 Å². The van der Waals surface area contributed by atoms with Crippen LogP contribution < -0.4 is 10.6 Å². The van der Waals surface area contributed by atoms with E-state index in [4.69, 9.17) is 0 Å². The molecule has 1 heterocycles. The van der Waals surface area contributed by atoms with Gasteiger partial charge in [-0.25, -0.2) is 4.79 Å². The zero-order valence-electron chi connectivity index (χ0n) is 13.2. The molecular formula is C18H25N3O. The smallest absolute Gasteiger partial charge is 0.319 e. The first-order valence-electron chi connectivity index (χ1n) is 8.66. The Kier molecular flexibility index (Phi) is 3.35. The molecule has 2 atom stereocenters. The van der Waals surface area contributed by atoms with Crippen molar-refractivity contribution in [1.82, 2.24) is 10.3 Å². The lowest BCUT2D eigenvalue weighted by Gasteiger charge is -2.60. The van der Waals surface area contributed by atoms with Gasteiger partial charge in [0.05, 0.1) is 11.9 Å². The van der Waals surface area contributed by atoms with Crippen molar-refractivity contribution in [2.75, 3.05) is 5.32 Å². The summed E-state index contributed by atoms with van der Waals surface area (Å²) in [6, 6.07) is 3.65. The second kappa shape index (κ2) is 5.25. The van der Waals surface area contributed by atoms with Crippen LogP contribution >= 0.6 is 0 Å². The quantitative estimate of drug-likeness (QED) is 0.891. The van der Waals surface area contributed by atoms with Crippen molar-refractivity contribution in [1.29, 1.82) is 0 Å². The van der Waals surface area contributed by atoms with E-state index in [0.717, 1.165) is 29.4 Å². The Balaban J connectivity index is 1.46. The van der Waals surface area contributed by atoms with Crippen molar-refractivity contribution in [2.24, 2.45) is 23.7 Å². The minimum atomic E-state index is -0.0667. The predicted molar refractivity (Wildman–Crippen MR) is 86.5 cm³/mol. The van der Waals surface area contributed by atoms with Gasteiger partial charge in [-0.15, -0.1) is 0 Å². The number of carbonyl (C=O) groups is 1. The van der Waals surface area contributed by atoms with E-state index >= 15 is 0 Å². The molecule has 4 fully saturated rings. The Bertz CT molecular complexity index is 543. The molecule has 4 bridgehead atoms. The molecule has 118 valence electrons. The fourth-order valence-corrected chi connectivity index (χ4v) is 5.79. The summed E-state index contributed by atoms with van der Waals surface area (Å²) < 4.78 is 0. The molecule has 4 heteroatoms. The van der Waals surface area contributed by atoms with Gasteiger partial charge < -0.3 is 10.6 Å². The Morgan fingerprint density at radius 1 is 1.32 bits per heavy atom. The van der Waals surface area contributed by atoms with Crippen LogP contribution in [-0.4, -0.2) is 16.6 Å². The molecule has 4 nitrogen and oxygen atoms in total. The Morgan fingerprint density at radius 2 is 2.09 bits per heavy atom. The second-order valence-electron chi connectivity index (χ2n) is 7.64. The number of anilines is 1. The SMILES string of the molecule is CCC1C2CC3CC1CC(NC(=O)Nc1cccnc1)(C3)C2. The molecular weight excluding hydrogens is 274 g/mol. The van der Waals surface area contributed by atoms with Crippen molar-refractivity contribution in [3.05, 3.63) is 24.5 Å². The number of hydrogen-bond donors (Lipinski definition) is 2. The van der Waals surface area contributed by atoms with Crippen LogP contribution in [0.4, 0.5) is 10.5 Å². The highest BCUT2D eigenvalue weighted by atomic mass is 16.2. The van der Waals surface area contributed by atoms with Crippen LogP contribution in [0.3, 0.4) is 0 Å². The third-order valence-electron chi connectivity index (χ3n) is 6.24. The van der Waals surface area contributed by atoms with Gasteiger partial charge in [0.25, 0.3) is 0 Å². The number of pyridine rings is 1. The summed E-state index contributed by atoms with van der Waals surface area (Å²) in [7, 11) is 0. The summed E-state index contributed by atoms with van der Waals surface area (Å²) in [5, 5.41) is 6.27. The third kappa shape index (κ3) is 2.38. The number of aromatic nitrogens is 1. The van der Waals surface area contributed by atoms with Crippen LogP contribution in [0.25, 0.3) is 0 Å². The minimum Gasteiger partial charge on any atom is -0.332 e. The van der Waals surface area contributed by atoms with Crippen molar-refractivity contribution in [3.8, 4) is 0 Å². The van der Waals surface area contributed by atoms with Gasteiger partial charge in [0, 0.05) is 11.7 Å².